The third-order valence-electron chi connectivity index (χ3n) is 3.77. The van der Waals surface area contributed by atoms with Crippen LogP contribution >= 0.6 is 0 Å². The first kappa shape index (κ1) is 17.8. The molecule has 122 valence electrons. The smallest absolute Gasteiger partial charge is 0.315 e. The molecule has 0 radical (unpaired) electrons. The first-order valence-electron chi connectivity index (χ1n) is 7.81. The fraction of sp³-hybridized carbons (Fsp3) is 0.867. The van der Waals surface area contributed by atoms with E-state index < -0.39 is 11.5 Å². The van der Waals surface area contributed by atoms with Crippen molar-refractivity contribution in [3.8, 4) is 0 Å². The van der Waals surface area contributed by atoms with E-state index in [-0.39, 0.29) is 18.5 Å². The van der Waals surface area contributed by atoms with Gasteiger partial charge in [-0.25, -0.2) is 4.79 Å². The fourth-order valence-corrected chi connectivity index (χ4v) is 2.62. The molecule has 0 aromatic rings. The van der Waals surface area contributed by atoms with Crippen molar-refractivity contribution in [1.29, 1.82) is 0 Å². The van der Waals surface area contributed by atoms with Gasteiger partial charge >= 0.3 is 12.0 Å². The number of aliphatic carboxylic acids is 1. The summed E-state index contributed by atoms with van der Waals surface area (Å²) in [7, 11) is 0. The summed E-state index contributed by atoms with van der Waals surface area (Å²) in [4.78, 5) is 24.9. The number of piperidine rings is 1. The number of nitrogens with zero attached hydrogens (tertiary/aromatic N) is 1. The molecular weight excluding hydrogens is 270 g/mol. The maximum atomic E-state index is 12.0. The van der Waals surface area contributed by atoms with Crippen LogP contribution in [0.2, 0.25) is 0 Å². The lowest BCUT2D eigenvalue weighted by atomic mass is 9.99. The molecule has 6 heteroatoms. The molecule has 6 nitrogen and oxygen atoms in total. The van der Waals surface area contributed by atoms with Crippen molar-refractivity contribution in [2.45, 2.75) is 64.5 Å². The molecule has 1 saturated heterocycles. The van der Waals surface area contributed by atoms with Crippen molar-refractivity contribution in [2.24, 2.45) is 0 Å². The molecule has 1 aliphatic heterocycles. The molecule has 0 saturated carbocycles. The molecule has 0 aliphatic carbocycles. The molecule has 3 N–H and O–H groups in total. The van der Waals surface area contributed by atoms with E-state index >= 15 is 0 Å². The number of carbonyl (C=O) groups is 2. The van der Waals surface area contributed by atoms with Crippen LogP contribution in [-0.2, 0) is 4.79 Å². The number of urea groups is 1. The van der Waals surface area contributed by atoms with Crippen LogP contribution in [0.5, 0.6) is 0 Å². The van der Waals surface area contributed by atoms with Gasteiger partial charge in [0.2, 0.25) is 0 Å². The first-order valence-corrected chi connectivity index (χ1v) is 7.81. The lowest BCUT2D eigenvalue weighted by Gasteiger charge is -2.31. The van der Waals surface area contributed by atoms with E-state index in [4.69, 9.17) is 5.11 Å². The Labute approximate surface area is 127 Å². The highest BCUT2D eigenvalue weighted by atomic mass is 16.4. The number of carbonyl (C=O) groups excluding carboxylic acids is 1. The first-order chi connectivity index (χ1) is 9.78. The molecular formula is C15H29N3O3. The van der Waals surface area contributed by atoms with E-state index in [9.17, 15) is 9.59 Å². The van der Waals surface area contributed by atoms with E-state index in [1.54, 1.807) is 0 Å². The molecule has 21 heavy (non-hydrogen) atoms. The number of rotatable bonds is 7. The van der Waals surface area contributed by atoms with Crippen LogP contribution < -0.4 is 10.6 Å². The second-order valence-corrected chi connectivity index (χ2v) is 6.64. The van der Waals surface area contributed by atoms with Gasteiger partial charge in [-0.2, -0.15) is 0 Å². The highest BCUT2D eigenvalue weighted by Crippen LogP contribution is 2.11. The van der Waals surface area contributed by atoms with Gasteiger partial charge in [-0.3, -0.25) is 4.79 Å². The zero-order chi connectivity index (χ0) is 15.9. The Kier molecular flexibility index (Phi) is 6.95. The molecule has 1 rings (SSSR count). The summed E-state index contributed by atoms with van der Waals surface area (Å²) < 4.78 is 0. The molecule has 1 heterocycles. The monoisotopic (exact) mass is 299 g/mol. The largest absolute Gasteiger partial charge is 0.481 e. The second kappa shape index (κ2) is 8.22. The minimum atomic E-state index is -0.844. The number of nitrogens with one attached hydrogen (secondary N) is 2. The van der Waals surface area contributed by atoms with Crippen LogP contribution in [0.15, 0.2) is 0 Å². The standard InChI is InChI=1S/C15H29N3O3/c1-12(11-18-9-5-4-6-10-18)16-14(21)17-15(2,3)8-7-13(19)20/h12H,4-11H2,1-3H3,(H,19,20)(H2,16,17,21). The SMILES string of the molecule is CC(CN1CCCCC1)NC(=O)NC(C)(C)CCC(=O)O. The van der Waals surface area contributed by atoms with Crippen molar-refractivity contribution in [3.05, 3.63) is 0 Å². The van der Waals surface area contributed by atoms with E-state index in [2.05, 4.69) is 15.5 Å². The topological polar surface area (TPSA) is 81.7 Å². The van der Waals surface area contributed by atoms with Crippen LogP contribution in [0.1, 0.15) is 52.9 Å². The Balaban J connectivity index is 2.29. The van der Waals surface area contributed by atoms with Crippen LogP contribution in [0.3, 0.4) is 0 Å². The normalized spacial score (nSPS) is 18.0. The van der Waals surface area contributed by atoms with E-state index in [0.29, 0.717) is 6.42 Å². The lowest BCUT2D eigenvalue weighted by Crippen LogP contribution is -2.52. The van der Waals surface area contributed by atoms with Gasteiger partial charge in [0, 0.05) is 24.5 Å². The number of amides is 2. The van der Waals surface area contributed by atoms with Gasteiger partial charge in [0.15, 0.2) is 0 Å². The Hall–Kier alpha value is -1.30. The van der Waals surface area contributed by atoms with Crippen LogP contribution in [-0.4, -0.2) is 53.2 Å². The third kappa shape index (κ3) is 7.90. The van der Waals surface area contributed by atoms with Crippen molar-refractivity contribution in [2.75, 3.05) is 19.6 Å². The average Bonchev–Trinajstić information content (AvgIpc) is 2.36. The summed E-state index contributed by atoms with van der Waals surface area (Å²) in [6.45, 7) is 8.76. The van der Waals surface area contributed by atoms with E-state index in [1.165, 1.54) is 19.3 Å². The number of likely N-dealkylation sites (tertiary alicyclic amines) is 1. The summed E-state index contributed by atoms with van der Waals surface area (Å²) in [6.07, 6.45) is 4.24. The summed E-state index contributed by atoms with van der Waals surface area (Å²) in [5, 5.41) is 14.5. The zero-order valence-electron chi connectivity index (χ0n) is 13.4. The van der Waals surface area contributed by atoms with Crippen molar-refractivity contribution in [1.82, 2.24) is 15.5 Å². The van der Waals surface area contributed by atoms with Gasteiger partial charge in [-0.15, -0.1) is 0 Å². The maximum Gasteiger partial charge on any atom is 0.315 e. The van der Waals surface area contributed by atoms with Gasteiger partial charge in [0.1, 0.15) is 0 Å². The predicted molar refractivity (Wildman–Crippen MR) is 82.4 cm³/mol. The van der Waals surface area contributed by atoms with Gasteiger partial charge in [0.05, 0.1) is 0 Å². The van der Waals surface area contributed by atoms with Gasteiger partial charge in [-0.1, -0.05) is 6.42 Å². The van der Waals surface area contributed by atoms with Crippen molar-refractivity contribution >= 4 is 12.0 Å². The number of carboxylic acid groups (broad SMARTS) is 1. The van der Waals surface area contributed by atoms with Gasteiger partial charge in [0.25, 0.3) is 0 Å². The Bertz CT molecular complexity index is 352. The van der Waals surface area contributed by atoms with Crippen molar-refractivity contribution < 1.29 is 14.7 Å². The summed E-state index contributed by atoms with van der Waals surface area (Å²) in [5.74, 6) is -0.844. The number of carboxylic acids is 1. The molecule has 0 spiro atoms. The Morgan fingerprint density at radius 1 is 1.24 bits per heavy atom. The Morgan fingerprint density at radius 3 is 2.43 bits per heavy atom. The molecule has 1 atom stereocenters. The van der Waals surface area contributed by atoms with Crippen LogP contribution in [0.25, 0.3) is 0 Å². The molecule has 2 amide bonds. The fourth-order valence-electron chi connectivity index (χ4n) is 2.62. The predicted octanol–water partition coefficient (Wildman–Crippen LogP) is 1.80. The van der Waals surface area contributed by atoms with Crippen molar-refractivity contribution in [3.63, 3.8) is 0 Å². The molecule has 1 aliphatic rings. The van der Waals surface area contributed by atoms with Crippen LogP contribution in [0, 0.1) is 0 Å². The highest BCUT2D eigenvalue weighted by Gasteiger charge is 2.22. The molecule has 1 unspecified atom stereocenters. The lowest BCUT2D eigenvalue weighted by molar-refractivity contribution is -0.137. The minimum absolute atomic E-state index is 0.0522. The van der Waals surface area contributed by atoms with Gasteiger partial charge < -0.3 is 20.6 Å². The zero-order valence-corrected chi connectivity index (χ0v) is 13.4. The van der Waals surface area contributed by atoms with E-state index in [0.717, 1.165) is 19.6 Å². The average molecular weight is 299 g/mol. The quantitative estimate of drug-likeness (QED) is 0.669. The van der Waals surface area contributed by atoms with Crippen LogP contribution in [0.4, 0.5) is 4.79 Å². The highest BCUT2D eigenvalue weighted by molar-refractivity contribution is 5.75. The van der Waals surface area contributed by atoms with E-state index in [1.807, 2.05) is 20.8 Å². The molecule has 0 bridgehead atoms. The summed E-state index contributed by atoms with van der Waals surface area (Å²) in [5.41, 5.74) is -0.521. The second-order valence-electron chi connectivity index (χ2n) is 6.64. The molecule has 0 aromatic carbocycles. The minimum Gasteiger partial charge on any atom is -0.481 e. The number of hydrogen-bond acceptors (Lipinski definition) is 3. The summed E-state index contributed by atoms with van der Waals surface area (Å²) >= 11 is 0. The third-order valence-corrected chi connectivity index (χ3v) is 3.77. The number of hydrogen-bond donors (Lipinski definition) is 3. The maximum absolute atomic E-state index is 12.0. The molecule has 0 aromatic heterocycles. The summed E-state index contributed by atoms with van der Waals surface area (Å²) in [6, 6.07) is -0.145. The molecule has 1 fully saturated rings. The Morgan fingerprint density at radius 2 is 1.86 bits per heavy atom. The van der Waals surface area contributed by atoms with Gasteiger partial charge in [-0.05, 0) is 53.1 Å².